The third kappa shape index (κ3) is 6.63. The third-order valence-electron chi connectivity index (χ3n) is 5.44. The second kappa shape index (κ2) is 9.33. The van der Waals surface area contributed by atoms with E-state index < -0.39 is 0 Å². The fourth-order valence-electron chi connectivity index (χ4n) is 3.09. The number of carbonyl (C=O) groups excluding carboxylic acids is 2. The maximum Gasteiger partial charge on any atom is 0.238 e. The summed E-state index contributed by atoms with van der Waals surface area (Å²) in [6.07, 6.45) is 0.905. The summed E-state index contributed by atoms with van der Waals surface area (Å²) in [6.45, 7) is 14.2. The Kier molecular flexibility index (Phi) is 7.39. The van der Waals surface area contributed by atoms with Gasteiger partial charge in [0, 0.05) is 37.4 Å². The van der Waals surface area contributed by atoms with Gasteiger partial charge in [-0.2, -0.15) is 0 Å². The molecule has 1 aromatic rings. The van der Waals surface area contributed by atoms with E-state index in [1.807, 2.05) is 45.9 Å². The van der Waals surface area contributed by atoms with Crippen LogP contribution in [0.1, 0.15) is 38.3 Å². The molecule has 0 atom stereocenters. The number of benzene rings is 1. The van der Waals surface area contributed by atoms with Crippen LogP contribution in [-0.2, 0) is 9.59 Å². The second-order valence-electron chi connectivity index (χ2n) is 8.13. The first-order valence-electron chi connectivity index (χ1n) is 9.82. The number of anilines is 1. The molecule has 0 saturated carbocycles. The van der Waals surface area contributed by atoms with E-state index in [1.165, 1.54) is 5.56 Å². The van der Waals surface area contributed by atoms with Gasteiger partial charge in [-0.3, -0.25) is 19.4 Å². The van der Waals surface area contributed by atoms with Crippen LogP contribution in [-0.4, -0.2) is 66.4 Å². The van der Waals surface area contributed by atoms with Gasteiger partial charge in [0.2, 0.25) is 11.8 Å². The van der Waals surface area contributed by atoms with Gasteiger partial charge in [-0.15, -0.1) is 0 Å². The summed E-state index contributed by atoms with van der Waals surface area (Å²) >= 11 is 0. The van der Waals surface area contributed by atoms with Crippen molar-refractivity contribution in [3.63, 3.8) is 0 Å². The summed E-state index contributed by atoms with van der Waals surface area (Å²) in [5.74, 6) is 0.0857. The van der Waals surface area contributed by atoms with E-state index in [2.05, 4.69) is 27.4 Å². The van der Waals surface area contributed by atoms with Crippen LogP contribution in [0.2, 0.25) is 0 Å². The van der Waals surface area contributed by atoms with E-state index in [4.69, 9.17) is 0 Å². The second-order valence-corrected chi connectivity index (χ2v) is 8.13. The first kappa shape index (κ1) is 21.4. The number of carbonyl (C=O) groups is 2. The highest BCUT2D eigenvalue weighted by molar-refractivity contribution is 5.93. The van der Waals surface area contributed by atoms with E-state index in [0.717, 1.165) is 43.9 Å². The lowest BCUT2D eigenvalue weighted by molar-refractivity contribution is -0.125. The molecule has 2 rings (SSSR count). The van der Waals surface area contributed by atoms with Gasteiger partial charge in [-0.05, 0) is 51.3 Å². The van der Waals surface area contributed by atoms with Crippen LogP contribution >= 0.6 is 0 Å². The number of piperazine rings is 1. The number of rotatable bonds is 7. The van der Waals surface area contributed by atoms with Crippen molar-refractivity contribution in [2.45, 2.75) is 46.6 Å². The van der Waals surface area contributed by atoms with E-state index in [0.29, 0.717) is 13.1 Å². The van der Waals surface area contributed by atoms with Crippen molar-refractivity contribution in [3.05, 3.63) is 29.3 Å². The molecule has 0 unspecified atom stereocenters. The summed E-state index contributed by atoms with van der Waals surface area (Å²) in [6, 6.07) is 5.94. The highest BCUT2D eigenvalue weighted by atomic mass is 16.2. The molecular formula is C21H34N4O2. The minimum atomic E-state index is -0.162. The number of nitrogens with one attached hydrogen (secondary N) is 2. The Balaban J connectivity index is 1.75. The van der Waals surface area contributed by atoms with Crippen LogP contribution < -0.4 is 10.6 Å². The van der Waals surface area contributed by atoms with Gasteiger partial charge < -0.3 is 10.6 Å². The van der Waals surface area contributed by atoms with Crippen molar-refractivity contribution in [3.8, 4) is 0 Å². The van der Waals surface area contributed by atoms with Crippen LogP contribution in [0.25, 0.3) is 0 Å². The molecular weight excluding hydrogens is 340 g/mol. The molecule has 27 heavy (non-hydrogen) atoms. The van der Waals surface area contributed by atoms with Crippen LogP contribution in [0.15, 0.2) is 18.2 Å². The quantitative estimate of drug-likeness (QED) is 0.768. The Labute approximate surface area is 163 Å². The molecule has 0 spiro atoms. The standard InChI is InChI=1S/C21H34N4O2/c1-6-21(4,5)23-20(27)15-25-12-10-24(11-13-25)14-19(26)22-18-9-7-8-16(2)17(18)3/h7-9H,6,10-15H2,1-5H3,(H,22,26)(H,23,27). The largest absolute Gasteiger partial charge is 0.350 e. The third-order valence-corrected chi connectivity index (χ3v) is 5.44. The zero-order valence-corrected chi connectivity index (χ0v) is 17.4. The smallest absolute Gasteiger partial charge is 0.238 e. The van der Waals surface area contributed by atoms with E-state index in [1.54, 1.807) is 0 Å². The molecule has 2 amide bonds. The predicted octanol–water partition coefficient (Wildman–Crippen LogP) is 2.16. The Morgan fingerprint density at radius 3 is 2.11 bits per heavy atom. The topological polar surface area (TPSA) is 64.7 Å². The molecule has 2 N–H and O–H groups in total. The molecule has 1 fully saturated rings. The van der Waals surface area contributed by atoms with E-state index >= 15 is 0 Å². The number of hydrogen-bond acceptors (Lipinski definition) is 4. The predicted molar refractivity (Wildman–Crippen MR) is 110 cm³/mol. The summed E-state index contributed by atoms with van der Waals surface area (Å²) in [5.41, 5.74) is 3.00. The van der Waals surface area contributed by atoms with Crippen molar-refractivity contribution >= 4 is 17.5 Å². The van der Waals surface area contributed by atoms with Crippen molar-refractivity contribution in [1.82, 2.24) is 15.1 Å². The molecule has 0 bridgehead atoms. The summed E-state index contributed by atoms with van der Waals surface area (Å²) in [7, 11) is 0. The van der Waals surface area contributed by atoms with Gasteiger partial charge in [0.15, 0.2) is 0 Å². The highest BCUT2D eigenvalue weighted by Gasteiger charge is 2.23. The Hall–Kier alpha value is -1.92. The van der Waals surface area contributed by atoms with Gasteiger partial charge in [0.1, 0.15) is 0 Å². The molecule has 0 radical (unpaired) electrons. The molecule has 6 nitrogen and oxygen atoms in total. The summed E-state index contributed by atoms with van der Waals surface area (Å²) in [4.78, 5) is 28.8. The average Bonchev–Trinajstić information content (AvgIpc) is 2.60. The summed E-state index contributed by atoms with van der Waals surface area (Å²) in [5, 5.41) is 6.09. The minimum Gasteiger partial charge on any atom is -0.350 e. The normalized spacial score (nSPS) is 16.2. The fourth-order valence-corrected chi connectivity index (χ4v) is 3.09. The van der Waals surface area contributed by atoms with Crippen molar-refractivity contribution in [1.29, 1.82) is 0 Å². The molecule has 1 saturated heterocycles. The highest BCUT2D eigenvalue weighted by Crippen LogP contribution is 2.18. The molecule has 0 aromatic heterocycles. The van der Waals surface area contributed by atoms with Crippen LogP contribution in [0.3, 0.4) is 0 Å². The molecule has 6 heteroatoms. The van der Waals surface area contributed by atoms with Crippen LogP contribution in [0, 0.1) is 13.8 Å². The lowest BCUT2D eigenvalue weighted by atomic mass is 10.0. The fraction of sp³-hybridized carbons (Fsp3) is 0.619. The number of amides is 2. The Morgan fingerprint density at radius 1 is 1.00 bits per heavy atom. The van der Waals surface area contributed by atoms with Crippen LogP contribution in [0.5, 0.6) is 0 Å². The zero-order chi connectivity index (χ0) is 20.0. The molecule has 150 valence electrons. The van der Waals surface area contributed by atoms with Crippen molar-refractivity contribution in [2.24, 2.45) is 0 Å². The molecule has 1 aromatic carbocycles. The van der Waals surface area contributed by atoms with Gasteiger partial charge in [-0.1, -0.05) is 19.1 Å². The van der Waals surface area contributed by atoms with Crippen LogP contribution in [0.4, 0.5) is 5.69 Å². The maximum atomic E-state index is 12.4. The molecule has 1 aliphatic rings. The van der Waals surface area contributed by atoms with E-state index in [-0.39, 0.29) is 17.4 Å². The monoisotopic (exact) mass is 374 g/mol. The van der Waals surface area contributed by atoms with Gasteiger partial charge in [0.05, 0.1) is 13.1 Å². The number of nitrogens with zero attached hydrogens (tertiary/aromatic N) is 2. The Morgan fingerprint density at radius 2 is 1.56 bits per heavy atom. The average molecular weight is 375 g/mol. The first-order valence-corrected chi connectivity index (χ1v) is 9.82. The van der Waals surface area contributed by atoms with Gasteiger partial charge in [-0.25, -0.2) is 0 Å². The van der Waals surface area contributed by atoms with Crippen molar-refractivity contribution in [2.75, 3.05) is 44.6 Å². The minimum absolute atomic E-state index is 0.0135. The number of hydrogen-bond donors (Lipinski definition) is 2. The SMILES string of the molecule is CCC(C)(C)NC(=O)CN1CCN(CC(=O)Nc2cccc(C)c2C)CC1. The maximum absolute atomic E-state index is 12.4. The van der Waals surface area contributed by atoms with E-state index in [9.17, 15) is 9.59 Å². The molecule has 0 aliphatic carbocycles. The Bertz CT molecular complexity index is 664. The molecule has 1 aliphatic heterocycles. The lowest BCUT2D eigenvalue weighted by Gasteiger charge is -2.34. The van der Waals surface area contributed by atoms with Crippen molar-refractivity contribution < 1.29 is 9.59 Å². The summed E-state index contributed by atoms with van der Waals surface area (Å²) < 4.78 is 0. The zero-order valence-electron chi connectivity index (χ0n) is 17.4. The number of aryl methyl sites for hydroxylation is 1. The lowest BCUT2D eigenvalue weighted by Crippen LogP contribution is -2.53. The molecule has 1 heterocycles. The first-order chi connectivity index (χ1) is 12.7. The van der Waals surface area contributed by atoms with Gasteiger partial charge in [0.25, 0.3) is 0 Å². The van der Waals surface area contributed by atoms with Gasteiger partial charge >= 0.3 is 0 Å².